The third-order valence-corrected chi connectivity index (χ3v) is 4.88. The van der Waals surface area contributed by atoms with Crippen LogP contribution in [0.1, 0.15) is 29.0 Å². The van der Waals surface area contributed by atoms with Gasteiger partial charge in [-0.2, -0.15) is 0 Å². The van der Waals surface area contributed by atoms with Crippen LogP contribution in [0.3, 0.4) is 0 Å². The summed E-state index contributed by atoms with van der Waals surface area (Å²) < 4.78 is 5.66. The van der Waals surface area contributed by atoms with Gasteiger partial charge in [-0.15, -0.1) is 11.3 Å². The Bertz CT molecular complexity index is 800. The quantitative estimate of drug-likeness (QED) is 0.676. The lowest BCUT2D eigenvalue weighted by molar-refractivity contribution is -0.123. The summed E-state index contributed by atoms with van der Waals surface area (Å²) >= 11 is 1.63. The molecule has 0 aliphatic carbocycles. The Hall–Kier alpha value is -2.59. The molecule has 1 atom stereocenters. The molecule has 128 valence electrons. The van der Waals surface area contributed by atoms with E-state index < -0.39 is 0 Å². The van der Waals surface area contributed by atoms with Gasteiger partial charge in [-0.25, -0.2) is 0 Å². The fourth-order valence-electron chi connectivity index (χ4n) is 2.63. The Morgan fingerprint density at radius 1 is 1.08 bits per heavy atom. The van der Waals surface area contributed by atoms with E-state index in [1.807, 2.05) is 66.0 Å². The van der Waals surface area contributed by atoms with Gasteiger partial charge in [-0.05, 0) is 41.1 Å². The van der Waals surface area contributed by atoms with Gasteiger partial charge in [0, 0.05) is 4.88 Å². The Labute approximate surface area is 152 Å². The minimum Gasteiger partial charge on any atom is -0.484 e. The van der Waals surface area contributed by atoms with Crippen molar-refractivity contribution in [3.05, 3.63) is 88.1 Å². The van der Waals surface area contributed by atoms with E-state index in [2.05, 4.69) is 18.3 Å². The van der Waals surface area contributed by atoms with E-state index >= 15 is 0 Å². The van der Waals surface area contributed by atoms with E-state index in [0.29, 0.717) is 0 Å². The number of hydrogen-bond acceptors (Lipinski definition) is 3. The number of aryl methyl sites for hydroxylation is 1. The molecule has 0 aliphatic rings. The summed E-state index contributed by atoms with van der Waals surface area (Å²) in [6, 6.07) is 21.7. The lowest BCUT2D eigenvalue weighted by atomic mass is 10.1. The van der Waals surface area contributed by atoms with Crippen molar-refractivity contribution in [2.45, 2.75) is 19.4 Å². The summed E-state index contributed by atoms with van der Waals surface area (Å²) in [5.41, 5.74) is 2.25. The van der Waals surface area contributed by atoms with Crippen molar-refractivity contribution >= 4 is 17.2 Å². The van der Waals surface area contributed by atoms with E-state index in [9.17, 15) is 4.79 Å². The monoisotopic (exact) mass is 351 g/mol. The van der Waals surface area contributed by atoms with Crippen molar-refractivity contribution in [2.75, 3.05) is 6.61 Å². The lowest BCUT2D eigenvalue weighted by Crippen LogP contribution is -2.32. The maximum absolute atomic E-state index is 12.4. The molecule has 3 aromatic rings. The number of carbonyl (C=O) groups excluding carboxylic acids is 1. The van der Waals surface area contributed by atoms with Gasteiger partial charge in [-0.1, -0.05) is 55.5 Å². The smallest absolute Gasteiger partial charge is 0.258 e. The number of thiophene rings is 1. The predicted octanol–water partition coefficient (Wildman–Crippen LogP) is 4.60. The second-order valence-corrected chi connectivity index (χ2v) is 6.70. The maximum Gasteiger partial charge on any atom is 0.258 e. The van der Waals surface area contributed by atoms with Gasteiger partial charge < -0.3 is 10.1 Å². The first kappa shape index (κ1) is 17.2. The van der Waals surface area contributed by atoms with E-state index in [-0.39, 0.29) is 18.6 Å². The van der Waals surface area contributed by atoms with Gasteiger partial charge in [0.2, 0.25) is 0 Å². The average Bonchev–Trinajstić information content (AvgIpc) is 3.20. The van der Waals surface area contributed by atoms with Crippen LogP contribution >= 0.6 is 11.3 Å². The Morgan fingerprint density at radius 3 is 2.64 bits per heavy atom. The normalized spacial score (nSPS) is 11.7. The fraction of sp³-hybridized carbons (Fsp3) is 0.190. The zero-order valence-corrected chi connectivity index (χ0v) is 15.0. The molecule has 0 unspecified atom stereocenters. The predicted molar refractivity (Wildman–Crippen MR) is 102 cm³/mol. The number of benzene rings is 2. The van der Waals surface area contributed by atoms with Crippen LogP contribution in [0.25, 0.3) is 0 Å². The molecule has 0 spiro atoms. The summed E-state index contributed by atoms with van der Waals surface area (Å²) in [5, 5.41) is 5.10. The molecule has 1 heterocycles. The molecule has 0 bridgehead atoms. The van der Waals surface area contributed by atoms with Crippen LogP contribution in [0, 0.1) is 0 Å². The molecule has 25 heavy (non-hydrogen) atoms. The van der Waals surface area contributed by atoms with Crippen molar-refractivity contribution in [1.82, 2.24) is 5.32 Å². The third-order valence-electron chi connectivity index (χ3n) is 3.94. The summed E-state index contributed by atoms with van der Waals surface area (Å²) in [4.78, 5) is 13.5. The molecule has 4 heteroatoms. The summed E-state index contributed by atoms with van der Waals surface area (Å²) in [6.07, 6.45) is 0.942. The minimum atomic E-state index is -0.153. The summed E-state index contributed by atoms with van der Waals surface area (Å²) in [6.45, 7) is 2.10. The highest BCUT2D eigenvalue weighted by Gasteiger charge is 2.17. The van der Waals surface area contributed by atoms with Crippen molar-refractivity contribution < 1.29 is 9.53 Å². The van der Waals surface area contributed by atoms with E-state index in [1.54, 1.807) is 11.3 Å². The van der Waals surface area contributed by atoms with Gasteiger partial charge in [0.05, 0.1) is 6.04 Å². The minimum absolute atomic E-state index is 0.00186. The first-order chi connectivity index (χ1) is 12.3. The van der Waals surface area contributed by atoms with Gasteiger partial charge in [-0.3, -0.25) is 4.79 Å². The highest BCUT2D eigenvalue weighted by Crippen LogP contribution is 2.25. The van der Waals surface area contributed by atoms with E-state index in [4.69, 9.17) is 4.74 Å². The van der Waals surface area contributed by atoms with Crippen molar-refractivity contribution in [3.63, 3.8) is 0 Å². The lowest BCUT2D eigenvalue weighted by Gasteiger charge is -2.18. The van der Waals surface area contributed by atoms with Crippen molar-refractivity contribution in [3.8, 4) is 5.75 Å². The van der Waals surface area contributed by atoms with Gasteiger partial charge in [0.25, 0.3) is 5.91 Å². The molecule has 2 aromatic carbocycles. The number of amides is 1. The molecule has 0 saturated heterocycles. The van der Waals surface area contributed by atoms with Gasteiger partial charge in [0.15, 0.2) is 6.61 Å². The Morgan fingerprint density at radius 2 is 1.92 bits per heavy atom. The van der Waals surface area contributed by atoms with Crippen LogP contribution in [0.2, 0.25) is 0 Å². The molecule has 1 aromatic heterocycles. The van der Waals surface area contributed by atoms with Gasteiger partial charge >= 0.3 is 0 Å². The molecule has 0 aliphatic heterocycles. The van der Waals surface area contributed by atoms with Crippen LogP contribution in [-0.2, 0) is 11.2 Å². The largest absolute Gasteiger partial charge is 0.484 e. The van der Waals surface area contributed by atoms with Crippen molar-refractivity contribution in [1.29, 1.82) is 0 Å². The summed E-state index contributed by atoms with van der Waals surface area (Å²) in [7, 11) is 0. The molecular weight excluding hydrogens is 330 g/mol. The van der Waals surface area contributed by atoms with Crippen LogP contribution in [0.15, 0.2) is 72.1 Å². The molecule has 1 N–H and O–H groups in total. The van der Waals surface area contributed by atoms with Gasteiger partial charge in [0.1, 0.15) is 5.75 Å². The summed E-state index contributed by atoms with van der Waals surface area (Å²) in [5.74, 6) is 0.589. The molecular formula is C21H21NO2S. The standard InChI is InChI=1S/C21H21NO2S/c1-2-16-8-6-11-18(14-16)24-15-20(23)22-21(19-12-7-13-25-19)17-9-4-3-5-10-17/h3-14,21H,2,15H2,1H3,(H,22,23)/t21-/m1/s1. The van der Waals surface area contributed by atoms with Crippen molar-refractivity contribution in [2.24, 2.45) is 0 Å². The first-order valence-corrected chi connectivity index (χ1v) is 9.23. The van der Waals surface area contributed by atoms with Crippen LogP contribution < -0.4 is 10.1 Å². The highest BCUT2D eigenvalue weighted by molar-refractivity contribution is 7.10. The first-order valence-electron chi connectivity index (χ1n) is 8.35. The topological polar surface area (TPSA) is 38.3 Å². The number of rotatable bonds is 7. The third kappa shape index (κ3) is 4.70. The zero-order valence-electron chi connectivity index (χ0n) is 14.1. The second-order valence-electron chi connectivity index (χ2n) is 5.72. The number of nitrogens with one attached hydrogen (secondary N) is 1. The number of ether oxygens (including phenoxy) is 1. The van der Waals surface area contributed by atoms with Crippen LogP contribution in [-0.4, -0.2) is 12.5 Å². The maximum atomic E-state index is 12.4. The number of hydrogen-bond donors (Lipinski definition) is 1. The second kappa shape index (κ2) is 8.49. The SMILES string of the molecule is CCc1cccc(OCC(=O)N[C@H](c2ccccc2)c2cccs2)c1. The Balaban J connectivity index is 1.66. The van der Waals surface area contributed by atoms with E-state index in [0.717, 1.165) is 22.6 Å². The molecule has 0 radical (unpaired) electrons. The molecule has 3 rings (SSSR count). The van der Waals surface area contributed by atoms with Crippen LogP contribution in [0.4, 0.5) is 0 Å². The van der Waals surface area contributed by atoms with E-state index in [1.165, 1.54) is 5.56 Å². The molecule has 1 amide bonds. The number of carbonyl (C=O) groups is 1. The van der Waals surface area contributed by atoms with Crippen LogP contribution in [0.5, 0.6) is 5.75 Å². The highest BCUT2D eigenvalue weighted by atomic mass is 32.1. The zero-order chi connectivity index (χ0) is 17.5. The molecule has 0 fully saturated rings. The molecule has 0 saturated carbocycles. The fourth-order valence-corrected chi connectivity index (χ4v) is 3.43. The molecule has 3 nitrogen and oxygen atoms in total. The average molecular weight is 351 g/mol. The Kier molecular flexibility index (Phi) is 5.86.